The van der Waals surface area contributed by atoms with Gasteiger partial charge in [-0.3, -0.25) is 24.4 Å². The van der Waals surface area contributed by atoms with Crippen molar-refractivity contribution < 1.29 is 14.4 Å². The minimum Gasteiger partial charge on any atom is -0.322 e. The lowest BCUT2D eigenvalue weighted by Gasteiger charge is -2.33. The number of benzene rings is 2. The van der Waals surface area contributed by atoms with Gasteiger partial charge in [0.2, 0.25) is 0 Å². The minimum atomic E-state index is -0.928. The average molecular weight is 460 g/mol. The molecule has 2 fully saturated rings. The monoisotopic (exact) mass is 459 g/mol. The standard InChI is InChI=1S/C25H25N5O4/c1-15-11-13-25(14-12-15)23(33)30(24(34)27-25)28-21(31)17-7-9-18(10-8-17)29-16(2)26-20-6-4-3-5-19(20)22(29)32/h3-10,15H,11-14H2,1-2H3,(H,27,34)(H,28,31). The number of nitrogens with one attached hydrogen (secondary N) is 2. The molecule has 9 heteroatoms. The molecule has 34 heavy (non-hydrogen) atoms. The molecule has 2 heterocycles. The van der Waals surface area contributed by atoms with Gasteiger partial charge in [-0.25, -0.2) is 9.78 Å². The van der Waals surface area contributed by atoms with Crippen LogP contribution in [0.5, 0.6) is 0 Å². The maximum Gasteiger partial charge on any atom is 0.344 e. The molecule has 5 rings (SSSR count). The Balaban J connectivity index is 1.36. The Morgan fingerprint density at radius 3 is 2.44 bits per heavy atom. The number of carbonyl (C=O) groups excluding carboxylic acids is 3. The van der Waals surface area contributed by atoms with Crippen molar-refractivity contribution >= 4 is 28.7 Å². The van der Waals surface area contributed by atoms with Crippen molar-refractivity contribution in [2.75, 3.05) is 0 Å². The first kappa shape index (κ1) is 21.8. The predicted molar refractivity (Wildman–Crippen MR) is 125 cm³/mol. The molecule has 4 amide bonds. The van der Waals surface area contributed by atoms with E-state index >= 15 is 0 Å². The summed E-state index contributed by atoms with van der Waals surface area (Å²) in [4.78, 5) is 55.7. The highest BCUT2D eigenvalue weighted by molar-refractivity contribution is 6.09. The summed E-state index contributed by atoms with van der Waals surface area (Å²) in [5.74, 6) is 0.0227. The van der Waals surface area contributed by atoms with Gasteiger partial charge < -0.3 is 5.32 Å². The van der Waals surface area contributed by atoms with E-state index in [4.69, 9.17) is 0 Å². The first-order valence-electron chi connectivity index (χ1n) is 11.4. The zero-order chi connectivity index (χ0) is 24.0. The van der Waals surface area contributed by atoms with E-state index in [1.807, 2.05) is 6.07 Å². The molecule has 1 saturated carbocycles. The number of rotatable bonds is 3. The van der Waals surface area contributed by atoms with Crippen LogP contribution >= 0.6 is 0 Å². The van der Waals surface area contributed by atoms with E-state index in [9.17, 15) is 19.2 Å². The van der Waals surface area contributed by atoms with Crippen LogP contribution in [-0.2, 0) is 4.79 Å². The topological polar surface area (TPSA) is 113 Å². The maximum atomic E-state index is 13.0. The number of nitrogens with zero attached hydrogens (tertiary/aromatic N) is 3. The van der Waals surface area contributed by atoms with Crippen LogP contribution in [0.15, 0.2) is 53.3 Å². The Labute approximate surface area is 195 Å². The zero-order valence-electron chi connectivity index (χ0n) is 19.0. The van der Waals surface area contributed by atoms with Crippen molar-refractivity contribution in [3.05, 3.63) is 70.3 Å². The van der Waals surface area contributed by atoms with Crippen molar-refractivity contribution in [1.29, 1.82) is 0 Å². The van der Waals surface area contributed by atoms with Gasteiger partial charge in [-0.2, -0.15) is 5.01 Å². The predicted octanol–water partition coefficient (Wildman–Crippen LogP) is 2.84. The van der Waals surface area contributed by atoms with E-state index in [2.05, 4.69) is 22.7 Å². The van der Waals surface area contributed by atoms with E-state index < -0.39 is 23.4 Å². The van der Waals surface area contributed by atoms with Gasteiger partial charge in [0.1, 0.15) is 11.4 Å². The molecule has 1 aromatic heterocycles. The van der Waals surface area contributed by atoms with E-state index in [1.165, 1.54) is 4.57 Å². The van der Waals surface area contributed by atoms with Crippen LogP contribution in [-0.4, -0.2) is 37.9 Å². The lowest BCUT2D eigenvalue weighted by molar-refractivity contribution is -0.134. The van der Waals surface area contributed by atoms with Gasteiger partial charge >= 0.3 is 6.03 Å². The second-order valence-corrected chi connectivity index (χ2v) is 9.14. The number of aromatic nitrogens is 2. The highest BCUT2D eigenvalue weighted by Gasteiger charge is 2.52. The summed E-state index contributed by atoms with van der Waals surface area (Å²) in [5.41, 5.74) is 2.74. The number of hydrogen-bond acceptors (Lipinski definition) is 5. The fourth-order valence-corrected chi connectivity index (χ4v) is 4.79. The van der Waals surface area contributed by atoms with E-state index in [1.54, 1.807) is 49.4 Å². The molecule has 9 nitrogen and oxygen atoms in total. The van der Waals surface area contributed by atoms with E-state index in [0.717, 1.165) is 17.9 Å². The molecule has 174 valence electrons. The molecule has 2 aliphatic rings. The number of hydrazine groups is 1. The summed E-state index contributed by atoms with van der Waals surface area (Å²) in [7, 11) is 0. The number of urea groups is 1. The van der Waals surface area contributed by atoms with Gasteiger partial charge in [0.25, 0.3) is 17.4 Å². The highest BCUT2D eigenvalue weighted by Crippen LogP contribution is 2.35. The summed E-state index contributed by atoms with van der Waals surface area (Å²) < 4.78 is 1.48. The fourth-order valence-electron chi connectivity index (χ4n) is 4.79. The highest BCUT2D eigenvalue weighted by atomic mass is 16.2. The van der Waals surface area contributed by atoms with E-state index in [0.29, 0.717) is 41.2 Å². The fraction of sp³-hybridized carbons (Fsp3) is 0.320. The SMILES string of the molecule is Cc1nc2ccccc2c(=O)n1-c1ccc(C(=O)NN2C(=O)NC3(CCC(C)CC3)C2=O)cc1. The summed E-state index contributed by atoms with van der Waals surface area (Å²) in [6.07, 6.45) is 2.82. The van der Waals surface area contributed by atoms with Crippen LogP contribution in [0.2, 0.25) is 0 Å². The third-order valence-corrected chi connectivity index (χ3v) is 6.83. The number of carbonyl (C=O) groups is 3. The van der Waals surface area contributed by atoms with Gasteiger partial charge in [-0.05, 0) is 74.9 Å². The summed E-state index contributed by atoms with van der Waals surface area (Å²) in [6.45, 7) is 3.87. The molecule has 0 atom stereocenters. The van der Waals surface area contributed by atoms with E-state index in [-0.39, 0.29) is 11.1 Å². The molecule has 0 unspecified atom stereocenters. The van der Waals surface area contributed by atoms with Crippen LogP contribution in [0.1, 0.15) is 48.8 Å². The Bertz CT molecular complexity index is 1370. The first-order chi connectivity index (χ1) is 16.3. The largest absolute Gasteiger partial charge is 0.344 e. The van der Waals surface area contributed by atoms with Crippen LogP contribution < -0.4 is 16.3 Å². The van der Waals surface area contributed by atoms with Crippen molar-refractivity contribution in [3.8, 4) is 5.69 Å². The lowest BCUT2D eigenvalue weighted by atomic mass is 9.77. The number of aryl methyl sites for hydroxylation is 1. The van der Waals surface area contributed by atoms with Crippen molar-refractivity contribution in [3.63, 3.8) is 0 Å². The first-order valence-corrected chi connectivity index (χ1v) is 11.4. The normalized spacial score (nSPS) is 22.3. The van der Waals surface area contributed by atoms with Crippen molar-refractivity contribution in [2.24, 2.45) is 5.92 Å². The molecule has 1 saturated heterocycles. The second kappa shape index (κ2) is 8.09. The Kier molecular flexibility index (Phi) is 5.19. The molecule has 1 spiro atoms. The minimum absolute atomic E-state index is 0.202. The maximum absolute atomic E-state index is 13.0. The summed E-state index contributed by atoms with van der Waals surface area (Å²) in [5, 5.41) is 4.07. The molecule has 1 aliphatic carbocycles. The van der Waals surface area contributed by atoms with Crippen molar-refractivity contribution in [1.82, 2.24) is 25.3 Å². The van der Waals surface area contributed by atoms with Crippen LogP contribution in [0.3, 0.4) is 0 Å². The molecule has 2 N–H and O–H groups in total. The second-order valence-electron chi connectivity index (χ2n) is 9.14. The molecule has 0 bridgehead atoms. The zero-order valence-corrected chi connectivity index (χ0v) is 19.0. The summed E-state index contributed by atoms with van der Waals surface area (Å²) >= 11 is 0. The number of amides is 4. The number of fused-ring (bicyclic) bond motifs is 1. The number of hydrogen-bond donors (Lipinski definition) is 2. The van der Waals surface area contributed by atoms with Crippen molar-refractivity contribution in [2.45, 2.75) is 45.1 Å². The smallest absolute Gasteiger partial charge is 0.322 e. The molecular weight excluding hydrogens is 434 g/mol. The number of imide groups is 1. The third-order valence-electron chi connectivity index (χ3n) is 6.83. The summed E-state index contributed by atoms with van der Waals surface area (Å²) in [6, 6.07) is 12.9. The van der Waals surface area contributed by atoms with Gasteiger partial charge in [-0.1, -0.05) is 19.1 Å². The Hall–Kier alpha value is -4.01. The Morgan fingerprint density at radius 2 is 1.74 bits per heavy atom. The van der Waals surface area contributed by atoms with Crippen LogP contribution in [0, 0.1) is 12.8 Å². The average Bonchev–Trinajstić information content (AvgIpc) is 3.05. The lowest BCUT2D eigenvalue weighted by Crippen LogP contribution is -2.51. The molecule has 2 aromatic carbocycles. The molecular formula is C25H25N5O4. The quantitative estimate of drug-likeness (QED) is 0.585. The van der Waals surface area contributed by atoms with Gasteiger partial charge in [0.05, 0.1) is 16.6 Å². The molecule has 0 radical (unpaired) electrons. The number of para-hydroxylation sites is 1. The molecule has 1 aliphatic heterocycles. The van der Waals surface area contributed by atoms with Gasteiger partial charge in [-0.15, -0.1) is 0 Å². The molecule has 3 aromatic rings. The Morgan fingerprint density at radius 1 is 1.06 bits per heavy atom. The van der Waals surface area contributed by atoms with Crippen LogP contribution in [0.25, 0.3) is 16.6 Å². The van der Waals surface area contributed by atoms with Gasteiger partial charge in [0, 0.05) is 5.56 Å². The van der Waals surface area contributed by atoms with Gasteiger partial charge in [0.15, 0.2) is 0 Å². The third kappa shape index (κ3) is 3.53. The van der Waals surface area contributed by atoms with Crippen LogP contribution in [0.4, 0.5) is 4.79 Å².